The highest BCUT2D eigenvalue weighted by molar-refractivity contribution is 6.04. The Labute approximate surface area is 195 Å². The minimum Gasteiger partial charge on any atom is -0.496 e. The molecule has 0 radical (unpaired) electrons. The zero-order valence-corrected chi connectivity index (χ0v) is 19.2. The fraction of sp³-hybridized carbons (Fsp3) is 0.308. The van der Waals surface area contributed by atoms with E-state index >= 15 is 0 Å². The van der Waals surface area contributed by atoms with Crippen LogP contribution in [0.4, 0.5) is 0 Å². The molecule has 1 fully saturated rings. The van der Waals surface area contributed by atoms with E-state index < -0.39 is 0 Å². The molecule has 2 aromatic carbocycles. The van der Waals surface area contributed by atoms with Gasteiger partial charge in [0.05, 0.1) is 37.3 Å². The molecular weight excluding hydrogens is 430 g/mol. The first-order chi connectivity index (χ1) is 16.6. The fourth-order valence-corrected chi connectivity index (χ4v) is 4.86. The SMILES string of the molecule is COc1ccccc1Cn1c2nc3ccccc3nc2c2c(=O)n(C[C@@H]3CCCO3)c(C)nc21. The number of para-hydroxylation sites is 3. The molecule has 172 valence electrons. The van der Waals surface area contributed by atoms with Crippen molar-refractivity contribution in [1.82, 2.24) is 24.1 Å². The first-order valence-electron chi connectivity index (χ1n) is 11.5. The third kappa shape index (κ3) is 3.33. The van der Waals surface area contributed by atoms with Crippen LogP contribution in [0.3, 0.4) is 0 Å². The second-order valence-corrected chi connectivity index (χ2v) is 8.69. The van der Waals surface area contributed by atoms with Crippen molar-refractivity contribution in [1.29, 1.82) is 0 Å². The third-order valence-electron chi connectivity index (χ3n) is 6.57. The Morgan fingerprint density at radius 2 is 1.76 bits per heavy atom. The number of aryl methyl sites for hydroxylation is 1. The number of fused-ring (bicyclic) bond motifs is 4. The average molecular weight is 456 g/mol. The molecule has 8 heteroatoms. The molecule has 0 bridgehead atoms. The van der Waals surface area contributed by atoms with Gasteiger partial charge in [-0.1, -0.05) is 30.3 Å². The molecule has 0 aliphatic carbocycles. The van der Waals surface area contributed by atoms with Gasteiger partial charge >= 0.3 is 0 Å². The molecule has 34 heavy (non-hydrogen) atoms. The zero-order valence-electron chi connectivity index (χ0n) is 19.2. The van der Waals surface area contributed by atoms with E-state index in [1.165, 1.54) is 0 Å². The maximum Gasteiger partial charge on any atom is 0.265 e. The van der Waals surface area contributed by atoms with Crippen LogP contribution >= 0.6 is 0 Å². The lowest BCUT2D eigenvalue weighted by Gasteiger charge is -2.15. The lowest BCUT2D eigenvalue weighted by atomic mass is 10.2. The van der Waals surface area contributed by atoms with Gasteiger partial charge in [0.1, 0.15) is 22.5 Å². The molecule has 5 aromatic rings. The van der Waals surface area contributed by atoms with E-state index in [4.69, 9.17) is 24.4 Å². The van der Waals surface area contributed by atoms with Gasteiger partial charge in [0.2, 0.25) is 0 Å². The van der Waals surface area contributed by atoms with Gasteiger partial charge in [-0.15, -0.1) is 0 Å². The van der Waals surface area contributed by atoms with Crippen LogP contribution in [0, 0.1) is 6.92 Å². The summed E-state index contributed by atoms with van der Waals surface area (Å²) in [5, 5.41) is 0.492. The van der Waals surface area contributed by atoms with Crippen LogP contribution in [-0.2, 0) is 17.8 Å². The van der Waals surface area contributed by atoms with E-state index in [1.807, 2.05) is 60.0 Å². The van der Waals surface area contributed by atoms with E-state index in [-0.39, 0.29) is 11.7 Å². The van der Waals surface area contributed by atoms with Crippen molar-refractivity contribution in [2.75, 3.05) is 13.7 Å². The molecule has 0 N–H and O–H groups in total. The summed E-state index contributed by atoms with van der Waals surface area (Å²) in [6.07, 6.45) is 2.00. The molecule has 0 unspecified atom stereocenters. The van der Waals surface area contributed by atoms with Gasteiger partial charge in [-0.2, -0.15) is 0 Å². The molecule has 0 spiro atoms. The highest BCUT2D eigenvalue weighted by Crippen LogP contribution is 2.28. The lowest BCUT2D eigenvalue weighted by molar-refractivity contribution is 0.0955. The molecule has 1 saturated heterocycles. The molecule has 4 heterocycles. The lowest BCUT2D eigenvalue weighted by Crippen LogP contribution is -2.29. The van der Waals surface area contributed by atoms with Crippen LogP contribution < -0.4 is 10.3 Å². The van der Waals surface area contributed by atoms with Crippen molar-refractivity contribution >= 4 is 33.2 Å². The summed E-state index contributed by atoms with van der Waals surface area (Å²) < 4.78 is 15.1. The molecule has 8 nitrogen and oxygen atoms in total. The summed E-state index contributed by atoms with van der Waals surface area (Å²) >= 11 is 0. The van der Waals surface area contributed by atoms with Crippen molar-refractivity contribution in [3.63, 3.8) is 0 Å². The monoisotopic (exact) mass is 455 g/mol. The Bertz CT molecular complexity index is 1600. The summed E-state index contributed by atoms with van der Waals surface area (Å²) in [5.41, 5.74) is 4.18. The second kappa shape index (κ2) is 8.22. The molecule has 0 saturated carbocycles. The Kier molecular flexibility index (Phi) is 5.03. The summed E-state index contributed by atoms with van der Waals surface area (Å²) in [7, 11) is 1.66. The Morgan fingerprint density at radius 3 is 2.53 bits per heavy atom. The summed E-state index contributed by atoms with van der Waals surface area (Å²) in [4.78, 5) is 28.5. The van der Waals surface area contributed by atoms with Crippen LogP contribution in [0.15, 0.2) is 53.3 Å². The molecule has 3 aromatic heterocycles. The predicted molar refractivity (Wildman–Crippen MR) is 130 cm³/mol. The number of ether oxygens (including phenoxy) is 2. The first-order valence-corrected chi connectivity index (χ1v) is 11.5. The van der Waals surface area contributed by atoms with Gasteiger partial charge in [-0.3, -0.25) is 9.36 Å². The Hall–Kier alpha value is -3.78. The van der Waals surface area contributed by atoms with Crippen molar-refractivity contribution in [2.45, 2.75) is 39.0 Å². The average Bonchev–Trinajstić information content (AvgIpc) is 3.47. The zero-order chi connectivity index (χ0) is 23.2. The van der Waals surface area contributed by atoms with Crippen molar-refractivity contribution in [3.05, 3.63) is 70.3 Å². The number of hydrogen-bond donors (Lipinski definition) is 0. The summed E-state index contributed by atoms with van der Waals surface area (Å²) in [5.74, 6) is 1.43. The van der Waals surface area contributed by atoms with Crippen LogP contribution in [0.1, 0.15) is 24.2 Å². The molecular formula is C26H25N5O3. The molecule has 6 rings (SSSR count). The van der Waals surface area contributed by atoms with Gasteiger partial charge < -0.3 is 14.0 Å². The number of methoxy groups -OCH3 is 1. The molecule has 1 aliphatic rings. The fourth-order valence-electron chi connectivity index (χ4n) is 4.86. The standard InChI is InChI=1S/C26H25N5O3/c1-16-27-24-22(26(32)30(16)15-18-9-7-13-34-18)23-25(29-20-11-5-4-10-19(20)28-23)31(24)14-17-8-3-6-12-21(17)33-2/h3-6,8,10-12,18H,7,9,13-15H2,1-2H3/t18-/m0/s1. The smallest absolute Gasteiger partial charge is 0.265 e. The third-order valence-corrected chi connectivity index (χ3v) is 6.57. The van der Waals surface area contributed by atoms with Crippen molar-refractivity contribution in [2.24, 2.45) is 0 Å². The van der Waals surface area contributed by atoms with Gasteiger partial charge in [0, 0.05) is 12.2 Å². The Balaban J connectivity index is 1.64. The minimum absolute atomic E-state index is 0.0319. The molecule has 0 amide bonds. The number of rotatable bonds is 5. The highest BCUT2D eigenvalue weighted by atomic mass is 16.5. The van der Waals surface area contributed by atoms with Crippen LogP contribution in [-0.4, -0.2) is 43.9 Å². The van der Waals surface area contributed by atoms with Crippen LogP contribution in [0.5, 0.6) is 5.75 Å². The first kappa shape index (κ1) is 20.8. The van der Waals surface area contributed by atoms with Gasteiger partial charge in [0.25, 0.3) is 5.56 Å². The van der Waals surface area contributed by atoms with Gasteiger partial charge in [-0.25, -0.2) is 15.0 Å². The minimum atomic E-state index is -0.105. The van der Waals surface area contributed by atoms with Crippen molar-refractivity contribution < 1.29 is 9.47 Å². The number of aromatic nitrogens is 5. The van der Waals surface area contributed by atoms with E-state index in [9.17, 15) is 4.79 Å². The van der Waals surface area contributed by atoms with E-state index in [0.717, 1.165) is 41.8 Å². The number of hydrogen-bond acceptors (Lipinski definition) is 6. The van der Waals surface area contributed by atoms with E-state index in [0.29, 0.717) is 41.1 Å². The molecule has 1 atom stereocenters. The maximum atomic E-state index is 13.8. The predicted octanol–water partition coefficient (Wildman–Crippen LogP) is 3.84. The maximum absolute atomic E-state index is 13.8. The quantitative estimate of drug-likeness (QED) is 0.400. The largest absolute Gasteiger partial charge is 0.496 e. The van der Waals surface area contributed by atoms with Crippen LogP contribution in [0.25, 0.3) is 33.2 Å². The van der Waals surface area contributed by atoms with Crippen LogP contribution in [0.2, 0.25) is 0 Å². The normalized spacial score (nSPS) is 16.1. The van der Waals surface area contributed by atoms with E-state index in [2.05, 4.69) is 0 Å². The van der Waals surface area contributed by atoms with Gasteiger partial charge in [-0.05, 0) is 38.0 Å². The molecule has 1 aliphatic heterocycles. The van der Waals surface area contributed by atoms with Gasteiger partial charge in [0.15, 0.2) is 11.3 Å². The summed E-state index contributed by atoms with van der Waals surface area (Å²) in [6, 6.07) is 15.6. The van der Waals surface area contributed by atoms with Crippen molar-refractivity contribution in [3.8, 4) is 5.75 Å². The summed E-state index contributed by atoms with van der Waals surface area (Å²) in [6.45, 7) is 3.56. The second-order valence-electron chi connectivity index (χ2n) is 8.69. The number of benzene rings is 2. The Morgan fingerprint density at radius 1 is 1.00 bits per heavy atom. The topological polar surface area (TPSA) is 84.1 Å². The van der Waals surface area contributed by atoms with E-state index in [1.54, 1.807) is 11.7 Å². The number of nitrogens with zero attached hydrogens (tertiary/aromatic N) is 5. The highest BCUT2D eigenvalue weighted by Gasteiger charge is 2.24.